The standard InChI is InChI=1S/C18H31NO3/c1-17(2,3)15-10-14(21-7)8-9-16(15)22-12-13(20)11-19-18(4,5)6/h8-10,13,19-20H,11-12H2,1-7H3/p+1/t13-/m1/s1. The van der Waals surface area contributed by atoms with E-state index < -0.39 is 6.10 Å². The highest BCUT2D eigenvalue weighted by molar-refractivity contribution is 5.44. The Balaban J connectivity index is 2.73. The second-order valence-electron chi connectivity index (χ2n) is 7.88. The van der Waals surface area contributed by atoms with Gasteiger partial charge < -0.3 is 19.9 Å². The Morgan fingerprint density at radius 2 is 1.77 bits per heavy atom. The maximum Gasteiger partial charge on any atom is 0.137 e. The van der Waals surface area contributed by atoms with Gasteiger partial charge in [0, 0.05) is 5.56 Å². The summed E-state index contributed by atoms with van der Waals surface area (Å²) in [5, 5.41) is 12.2. The largest absolute Gasteiger partial charge is 0.497 e. The molecule has 0 aliphatic rings. The van der Waals surface area contributed by atoms with Gasteiger partial charge in [-0.2, -0.15) is 0 Å². The Labute approximate surface area is 134 Å². The molecule has 1 aromatic carbocycles. The van der Waals surface area contributed by atoms with Crippen LogP contribution in [-0.4, -0.2) is 37.0 Å². The van der Waals surface area contributed by atoms with Gasteiger partial charge in [0.1, 0.15) is 30.8 Å². The Kier molecular flexibility index (Phi) is 6.27. The van der Waals surface area contributed by atoms with Gasteiger partial charge in [-0.05, 0) is 44.4 Å². The van der Waals surface area contributed by atoms with Crippen LogP contribution in [-0.2, 0) is 5.41 Å². The molecule has 0 aromatic heterocycles. The fourth-order valence-electron chi connectivity index (χ4n) is 2.09. The van der Waals surface area contributed by atoms with Crippen LogP contribution >= 0.6 is 0 Å². The first-order valence-corrected chi connectivity index (χ1v) is 7.86. The molecule has 1 aromatic rings. The smallest absolute Gasteiger partial charge is 0.137 e. The number of hydrogen-bond donors (Lipinski definition) is 2. The van der Waals surface area contributed by atoms with Crippen molar-refractivity contribution in [2.45, 2.75) is 58.6 Å². The maximum atomic E-state index is 10.1. The molecule has 0 amide bonds. The van der Waals surface area contributed by atoms with Gasteiger partial charge in [0.25, 0.3) is 0 Å². The molecule has 3 N–H and O–H groups in total. The Bertz CT molecular complexity index is 472. The van der Waals surface area contributed by atoms with Crippen molar-refractivity contribution < 1.29 is 19.9 Å². The van der Waals surface area contributed by atoms with Crippen molar-refractivity contribution in [1.29, 1.82) is 0 Å². The zero-order chi connectivity index (χ0) is 17.0. The minimum absolute atomic E-state index is 0.0492. The molecule has 0 bridgehead atoms. The molecule has 126 valence electrons. The van der Waals surface area contributed by atoms with Gasteiger partial charge >= 0.3 is 0 Å². The highest BCUT2D eigenvalue weighted by atomic mass is 16.5. The molecule has 0 aliphatic heterocycles. The van der Waals surface area contributed by atoms with E-state index in [9.17, 15) is 5.11 Å². The van der Waals surface area contributed by atoms with E-state index in [1.165, 1.54) is 0 Å². The number of aliphatic hydroxyl groups is 1. The predicted octanol–water partition coefficient (Wildman–Crippen LogP) is 2.09. The Hall–Kier alpha value is -1.26. The van der Waals surface area contributed by atoms with Crippen molar-refractivity contribution in [2.75, 3.05) is 20.3 Å². The van der Waals surface area contributed by atoms with E-state index in [1.807, 2.05) is 18.2 Å². The van der Waals surface area contributed by atoms with Crippen molar-refractivity contribution in [3.8, 4) is 11.5 Å². The molecule has 1 rings (SSSR count). The summed E-state index contributed by atoms with van der Waals surface area (Å²) in [6.45, 7) is 13.7. The van der Waals surface area contributed by atoms with Crippen molar-refractivity contribution in [1.82, 2.24) is 0 Å². The maximum absolute atomic E-state index is 10.1. The van der Waals surface area contributed by atoms with Gasteiger partial charge in [0.15, 0.2) is 0 Å². The van der Waals surface area contributed by atoms with Gasteiger partial charge in [0.2, 0.25) is 0 Å². The first-order valence-electron chi connectivity index (χ1n) is 7.86. The average molecular weight is 310 g/mol. The quantitative estimate of drug-likeness (QED) is 0.846. The lowest BCUT2D eigenvalue weighted by atomic mass is 9.86. The SMILES string of the molecule is COc1ccc(OC[C@H](O)C[NH2+]C(C)(C)C)c(C(C)(C)C)c1. The zero-order valence-electron chi connectivity index (χ0n) is 15.1. The normalized spacial score (nSPS) is 13.8. The van der Waals surface area contributed by atoms with Crippen LogP contribution in [0.2, 0.25) is 0 Å². The lowest BCUT2D eigenvalue weighted by Gasteiger charge is -2.24. The number of nitrogens with two attached hydrogens (primary N) is 1. The molecule has 1 atom stereocenters. The molecule has 0 heterocycles. The van der Waals surface area contributed by atoms with Crippen LogP contribution in [0.15, 0.2) is 18.2 Å². The molecule has 0 unspecified atom stereocenters. The third kappa shape index (κ3) is 6.24. The van der Waals surface area contributed by atoms with E-state index in [0.717, 1.165) is 17.1 Å². The first-order chi connectivity index (χ1) is 10.0. The Morgan fingerprint density at radius 3 is 2.27 bits per heavy atom. The summed E-state index contributed by atoms with van der Waals surface area (Å²) in [4.78, 5) is 0. The zero-order valence-corrected chi connectivity index (χ0v) is 15.1. The summed E-state index contributed by atoms with van der Waals surface area (Å²) in [7, 11) is 1.66. The number of quaternary nitrogens is 1. The van der Waals surface area contributed by atoms with E-state index in [0.29, 0.717) is 13.2 Å². The minimum atomic E-state index is -0.492. The lowest BCUT2D eigenvalue weighted by Crippen LogP contribution is -2.96. The average Bonchev–Trinajstić information content (AvgIpc) is 2.41. The molecule has 4 heteroatoms. The van der Waals surface area contributed by atoms with Crippen LogP contribution in [0.4, 0.5) is 0 Å². The highest BCUT2D eigenvalue weighted by Gasteiger charge is 2.21. The summed E-state index contributed by atoms with van der Waals surface area (Å²) in [6.07, 6.45) is -0.492. The third-order valence-electron chi connectivity index (χ3n) is 3.43. The minimum Gasteiger partial charge on any atom is -0.497 e. The topological polar surface area (TPSA) is 55.3 Å². The second kappa shape index (κ2) is 7.34. The van der Waals surface area contributed by atoms with E-state index in [4.69, 9.17) is 9.47 Å². The van der Waals surface area contributed by atoms with Crippen molar-refractivity contribution >= 4 is 0 Å². The molecule has 0 radical (unpaired) electrons. The summed E-state index contributed by atoms with van der Waals surface area (Å²) >= 11 is 0. The highest BCUT2D eigenvalue weighted by Crippen LogP contribution is 2.34. The van der Waals surface area contributed by atoms with Crippen LogP contribution in [0.1, 0.15) is 47.1 Å². The van der Waals surface area contributed by atoms with Crippen LogP contribution in [0, 0.1) is 0 Å². The second-order valence-corrected chi connectivity index (χ2v) is 7.88. The summed E-state index contributed by atoms with van der Waals surface area (Å²) < 4.78 is 11.2. The third-order valence-corrected chi connectivity index (χ3v) is 3.43. The molecular weight excluding hydrogens is 278 g/mol. The molecule has 0 saturated heterocycles. The molecule has 22 heavy (non-hydrogen) atoms. The first kappa shape index (κ1) is 18.8. The van der Waals surface area contributed by atoms with Crippen molar-refractivity contribution in [2.24, 2.45) is 0 Å². The predicted molar refractivity (Wildman–Crippen MR) is 89.7 cm³/mol. The van der Waals surface area contributed by atoms with Crippen LogP contribution in [0.5, 0.6) is 11.5 Å². The number of aliphatic hydroxyl groups excluding tert-OH is 1. The molecule has 0 spiro atoms. The van der Waals surface area contributed by atoms with Crippen LogP contribution < -0.4 is 14.8 Å². The lowest BCUT2D eigenvalue weighted by molar-refractivity contribution is -0.722. The summed E-state index contributed by atoms with van der Waals surface area (Å²) in [6, 6.07) is 5.81. The van der Waals surface area contributed by atoms with Crippen molar-refractivity contribution in [3.05, 3.63) is 23.8 Å². The molecular formula is C18H32NO3+. The molecule has 4 nitrogen and oxygen atoms in total. The fraction of sp³-hybridized carbons (Fsp3) is 0.667. The number of methoxy groups -OCH3 is 1. The molecule has 0 aliphatic carbocycles. The van der Waals surface area contributed by atoms with E-state index in [2.05, 4.69) is 46.9 Å². The van der Waals surface area contributed by atoms with E-state index in [1.54, 1.807) is 7.11 Å². The number of rotatable bonds is 6. The van der Waals surface area contributed by atoms with Gasteiger partial charge in [-0.15, -0.1) is 0 Å². The number of benzene rings is 1. The van der Waals surface area contributed by atoms with E-state index >= 15 is 0 Å². The van der Waals surface area contributed by atoms with Crippen molar-refractivity contribution in [3.63, 3.8) is 0 Å². The number of hydrogen-bond acceptors (Lipinski definition) is 3. The van der Waals surface area contributed by atoms with Gasteiger partial charge in [-0.25, -0.2) is 0 Å². The van der Waals surface area contributed by atoms with Crippen LogP contribution in [0.25, 0.3) is 0 Å². The van der Waals surface area contributed by atoms with Gasteiger partial charge in [-0.3, -0.25) is 0 Å². The van der Waals surface area contributed by atoms with Crippen LogP contribution in [0.3, 0.4) is 0 Å². The Morgan fingerprint density at radius 1 is 1.14 bits per heavy atom. The number of ether oxygens (including phenoxy) is 2. The van der Waals surface area contributed by atoms with E-state index in [-0.39, 0.29) is 11.0 Å². The fourth-order valence-corrected chi connectivity index (χ4v) is 2.09. The molecule has 0 saturated carbocycles. The summed E-state index contributed by atoms with van der Waals surface area (Å²) in [5.41, 5.74) is 1.14. The van der Waals surface area contributed by atoms with Gasteiger partial charge in [-0.1, -0.05) is 20.8 Å². The molecule has 0 fully saturated rings. The summed E-state index contributed by atoms with van der Waals surface area (Å²) in [5.74, 6) is 1.63. The van der Waals surface area contributed by atoms with Gasteiger partial charge in [0.05, 0.1) is 12.6 Å². The monoisotopic (exact) mass is 310 g/mol.